The van der Waals surface area contributed by atoms with Crippen LogP contribution in [0.25, 0.3) is 0 Å². The van der Waals surface area contributed by atoms with E-state index in [9.17, 15) is 9.59 Å². The highest BCUT2D eigenvalue weighted by molar-refractivity contribution is 6.10. The molecule has 1 aliphatic heterocycles. The van der Waals surface area contributed by atoms with Gasteiger partial charge in [-0.15, -0.1) is 0 Å². The third-order valence-corrected chi connectivity index (χ3v) is 4.24. The summed E-state index contributed by atoms with van der Waals surface area (Å²) in [6.45, 7) is 3.62. The van der Waals surface area contributed by atoms with Crippen LogP contribution in [0.4, 0.5) is 5.69 Å². The van der Waals surface area contributed by atoms with Gasteiger partial charge in [-0.05, 0) is 44.7 Å². The zero-order valence-electron chi connectivity index (χ0n) is 11.2. The Morgan fingerprint density at radius 1 is 1.21 bits per heavy atom. The molecule has 0 spiro atoms. The van der Waals surface area contributed by atoms with Gasteiger partial charge in [0.2, 0.25) is 5.91 Å². The minimum atomic E-state index is -0.737. The smallest absolute Gasteiger partial charge is 0.253 e. The standard InChI is InChI=1S/C15H18N2O2/c1-10-13(18)16-15(2,11-8-9-11)14(19)17(10)12-6-4-3-5-7-12/h3-7,10-11H,8-9H2,1-2H3,(H,16,18). The molecule has 2 amide bonds. The fourth-order valence-electron chi connectivity index (χ4n) is 2.82. The summed E-state index contributed by atoms with van der Waals surface area (Å²) in [6, 6.07) is 8.97. The third kappa shape index (κ3) is 1.82. The van der Waals surface area contributed by atoms with Crippen LogP contribution in [0, 0.1) is 5.92 Å². The summed E-state index contributed by atoms with van der Waals surface area (Å²) in [4.78, 5) is 26.6. The van der Waals surface area contributed by atoms with E-state index >= 15 is 0 Å². The topological polar surface area (TPSA) is 49.4 Å². The maximum absolute atomic E-state index is 12.8. The van der Waals surface area contributed by atoms with E-state index in [4.69, 9.17) is 0 Å². The molecular weight excluding hydrogens is 240 g/mol. The van der Waals surface area contributed by atoms with Gasteiger partial charge >= 0.3 is 0 Å². The molecule has 3 rings (SSSR count). The first-order valence-electron chi connectivity index (χ1n) is 6.75. The first kappa shape index (κ1) is 12.2. The molecule has 2 unspecified atom stereocenters. The molecule has 2 fully saturated rings. The zero-order valence-corrected chi connectivity index (χ0v) is 11.2. The minimum absolute atomic E-state index is 0.00769. The Morgan fingerprint density at radius 3 is 2.42 bits per heavy atom. The van der Waals surface area contributed by atoms with Gasteiger partial charge in [0.25, 0.3) is 5.91 Å². The molecule has 0 radical (unpaired) electrons. The van der Waals surface area contributed by atoms with E-state index in [0.29, 0.717) is 0 Å². The molecule has 1 N–H and O–H groups in total. The molecule has 19 heavy (non-hydrogen) atoms. The van der Waals surface area contributed by atoms with E-state index in [-0.39, 0.29) is 17.7 Å². The summed E-state index contributed by atoms with van der Waals surface area (Å²) >= 11 is 0. The molecule has 0 aromatic heterocycles. The number of rotatable bonds is 2. The number of benzene rings is 1. The van der Waals surface area contributed by atoms with Crippen molar-refractivity contribution in [1.82, 2.24) is 5.32 Å². The van der Waals surface area contributed by atoms with Crippen molar-refractivity contribution in [2.45, 2.75) is 38.3 Å². The predicted molar refractivity (Wildman–Crippen MR) is 72.7 cm³/mol. The molecule has 4 heteroatoms. The van der Waals surface area contributed by atoms with E-state index in [0.717, 1.165) is 18.5 Å². The fourth-order valence-corrected chi connectivity index (χ4v) is 2.82. The highest BCUT2D eigenvalue weighted by atomic mass is 16.2. The lowest BCUT2D eigenvalue weighted by Crippen LogP contribution is -2.69. The number of anilines is 1. The van der Waals surface area contributed by atoms with Crippen LogP contribution in [-0.4, -0.2) is 23.4 Å². The van der Waals surface area contributed by atoms with E-state index in [1.807, 2.05) is 37.3 Å². The number of nitrogens with zero attached hydrogens (tertiary/aromatic N) is 1. The second kappa shape index (κ2) is 4.08. The van der Waals surface area contributed by atoms with Crippen molar-refractivity contribution in [2.75, 3.05) is 4.90 Å². The first-order chi connectivity index (χ1) is 9.04. The van der Waals surface area contributed by atoms with Crippen LogP contribution in [0.5, 0.6) is 0 Å². The maximum Gasteiger partial charge on any atom is 0.253 e. The Labute approximate surface area is 112 Å². The minimum Gasteiger partial charge on any atom is -0.340 e. The Kier molecular flexibility index (Phi) is 2.62. The van der Waals surface area contributed by atoms with E-state index in [1.54, 1.807) is 11.8 Å². The van der Waals surface area contributed by atoms with Gasteiger partial charge in [0, 0.05) is 5.69 Å². The summed E-state index contributed by atoms with van der Waals surface area (Å²) in [7, 11) is 0. The van der Waals surface area contributed by atoms with Crippen LogP contribution >= 0.6 is 0 Å². The van der Waals surface area contributed by atoms with Crippen molar-refractivity contribution in [3.05, 3.63) is 30.3 Å². The Bertz CT molecular complexity index is 524. The second-order valence-electron chi connectivity index (χ2n) is 5.65. The summed E-state index contributed by atoms with van der Waals surface area (Å²) < 4.78 is 0. The lowest BCUT2D eigenvalue weighted by molar-refractivity contribution is -0.138. The van der Waals surface area contributed by atoms with Crippen LogP contribution < -0.4 is 10.2 Å². The van der Waals surface area contributed by atoms with Gasteiger partial charge in [0.15, 0.2) is 0 Å². The van der Waals surface area contributed by atoms with Crippen LogP contribution in [0.2, 0.25) is 0 Å². The average molecular weight is 258 g/mol. The molecule has 2 aliphatic rings. The van der Waals surface area contributed by atoms with Crippen LogP contribution in [0.3, 0.4) is 0 Å². The van der Waals surface area contributed by atoms with Gasteiger partial charge in [-0.3, -0.25) is 14.5 Å². The van der Waals surface area contributed by atoms with Gasteiger partial charge in [-0.25, -0.2) is 0 Å². The van der Waals surface area contributed by atoms with Crippen molar-refractivity contribution >= 4 is 17.5 Å². The molecule has 1 saturated carbocycles. The maximum atomic E-state index is 12.8. The largest absolute Gasteiger partial charge is 0.340 e. The van der Waals surface area contributed by atoms with E-state index in [1.165, 1.54) is 0 Å². The van der Waals surface area contributed by atoms with E-state index in [2.05, 4.69) is 5.32 Å². The van der Waals surface area contributed by atoms with Gasteiger partial charge in [-0.1, -0.05) is 18.2 Å². The van der Waals surface area contributed by atoms with Gasteiger partial charge in [-0.2, -0.15) is 0 Å². The normalized spacial score (nSPS) is 31.3. The third-order valence-electron chi connectivity index (χ3n) is 4.24. The van der Waals surface area contributed by atoms with Crippen LogP contribution in [0.1, 0.15) is 26.7 Å². The number of nitrogens with one attached hydrogen (secondary N) is 1. The highest BCUT2D eigenvalue weighted by Gasteiger charge is 2.54. The summed E-state index contributed by atoms with van der Waals surface area (Å²) in [6.07, 6.45) is 2.03. The summed E-state index contributed by atoms with van der Waals surface area (Å²) in [5.74, 6) is 0.216. The molecule has 100 valence electrons. The number of hydrogen-bond acceptors (Lipinski definition) is 2. The number of carbonyl (C=O) groups excluding carboxylic acids is 2. The monoisotopic (exact) mass is 258 g/mol. The lowest BCUT2D eigenvalue weighted by Gasteiger charge is -2.43. The lowest BCUT2D eigenvalue weighted by atomic mass is 9.89. The van der Waals surface area contributed by atoms with Crippen LogP contribution in [-0.2, 0) is 9.59 Å². The summed E-state index contributed by atoms with van der Waals surface area (Å²) in [5, 5.41) is 2.92. The fraction of sp³-hybridized carbons (Fsp3) is 0.467. The van der Waals surface area contributed by atoms with Crippen molar-refractivity contribution in [1.29, 1.82) is 0 Å². The predicted octanol–water partition coefficient (Wildman–Crippen LogP) is 1.71. The highest BCUT2D eigenvalue weighted by Crippen LogP contribution is 2.42. The summed E-state index contributed by atoms with van der Waals surface area (Å²) in [5.41, 5.74) is 0.0566. The Balaban J connectivity index is 2.01. The zero-order chi connectivity index (χ0) is 13.6. The number of hydrogen-bond donors (Lipinski definition) is 1. The molecule has 2 atom stereocenters. The number of amides is 2. The van der Waals surface area contributed by atoms with Crippen molar-refractivity contribution in [3.8, 4) is 0 Å². The second-order valence-corrected chi connectivity index (χ2v) is 5.65. The van der Waals surface area contributed by atoms with Gasteiger partial charge in [0.05, 0.1) is 0 Å². The van der Waals surface area contributed by atoms with Gasteiger partial charge in [0.1, 0.15) is 11.6 Å². The molecule has 4 nitrogen and oxygen atoms in total. The molecule has 1 aromatic rings. The molecule has 0 bridgehead atoms. The Morgan fingerprint density at radius 2 is 1.84 bits per heavy atom. The van der Waals surface area contributed by atoms with Crippen molar-refractivity contribution in [2.24, 2.45) is 5.92 Å². The quantitative estimate of drug-likeness (QED) is 0.878. The van der Waals surface area contributed by atoms with Crippen LogP contribution in [0.15, 0.2) is 30.3 Å². The molecule has 1 aromatic carbocycles. The first-order valence-corrected chi connectivity index (χ1v) is 6.75. The van der Waals surface area contributed by atoms with Crippen molar-refractivity contribution < 1.29 is 9.59 Å². The van der Waals surface area contributed by atoms with E-state index < -0.39 is 11.6 Å². The van der Waals surface area contributed by atoms with Gasteiger partial charge < -0.3 is 5.32 Å². The molecule has 1 aliphatic carbocycles. The number of piperazine rings is 1. The number of carbonyl (C=O) groups is 2. The Hall–Kier alpha value is -1.84. The molecule has 1 heterocycles. The average Bonchev–Trinajstić information content (AvgIpc) is 3.23. The SMILES string of the molecule is CC1C(=O)NC(C)(C2CC2)C(=O)N1c1ccccc1. The molecular formula is C15H18N2O2. The van der Waals surface area contributed by atoms with Crippen molar-refractivity contribution in [3.63, 3.8) is 0 Å². The molecule has 1 saturated heterocycles. The number of para-hydroxylation sites is 1.